The summed E-state index contributed by atoms with van der Waals surface area (Å²) in [6.45, 7) is 3.10. The van der Waals surface area contributed by atoms with Crippen molar-refractivity contribution in [2.75, 3.05) is 18.9 Å². The van der Waals surface area contributed by atoms with Gasteiger partial charge in [-0.25, -0.2) is 0 Å². The minimum Gasteiger partial charge on any atom is -0.494 e. The Hall–Kier alpha value is -2.06. The molecule has 0 aliphatic rings. The third-order valence-electron chi connectivity index (χ3n) is 3.10. The van der Waals surface area contributed by atoms with E-state index >= 15 is 0 Å². The number of carbonyl (C=O) groups excluding carboxylic acids is 1. The van der Waals surface area contributed by atoms with Gasteiger partial charge >= 0.3 is 5.00 Å². The molecule has 2 aromatic rings. The number of nitrogens with zero attached hydrogens (tertiary/aromatic N) is 1. The number of thioether (sulfide) groups is 1. The van der Waals surface area contributed by atoms with Crippen molar-refractivity contribution in [2.24, 2.45) is 0 Å². The third kappa shape index (κ3) is 5.54. The maximum atomic E-state index is 11.8. The smallest absolute Gasteiger partial charge is 0.337 e. The van der Waals surface area contributed by atoms with Crippen molar-refractivity contribution in [3.05, 3.63) is 51.4 Å². The van der Waals surface area contributed by atoms with Crippen LogP contribution in [-0.2, 0) is 11.2 Å². The van der Waals surface area contributed by atoms with E-state index in [0.29, 0.717) is 18.0 Å². The van der Waals surface area contributed by atoms with E-state index in [1.165, 1.54) is 11.8 Å². The second-order valence-corrected chi connectivity index (χ2v) is 6.72. The van der Waals surface area contributed by atoms with Gasteiger partial charge in [-0.2, -0.15) is 0 Å². The minimum atomic E-state index is -0.420. The average Bonchev–Trinajstić information content (AvgIpc) is 3.04. The van der Waals surface area contributed by atoms with E-state index in [0.717, 1.165) is 29.1 Å². The zero-order valence-corrected chi connectivity index (χ0v) is 14.8. The van der Waals surface area contributed by atoms with Crippen molar-refractivity contribution in [3.63, 3.8) is 0 Å². The summed E-state index contributed by atoms with van der Waals surface area (Å²) >= 11 is 2.25. The van der Waals surface area contributed by atoms with E-state index in [2.05, 4.69) is 5.32 Å². The molecule has 6 nitrogen and oxygen atoms in total. The van der Waals surface area contributed by atoms with Gasteiger partial charge in [-0.05, 0) is 42.5 Å². The fourth-order valence-electron chi connectivity index (χ4n) is 1.99. The molecule has 128 valence electrons. The first kappa shape index (κ1) is 18.3. The molecule has 0 aliphatic carbocycles. The van der Waals surface area contributed by atoms with Crippen LogP contribution in [-0.4, -0.2) is 29.7 Å². The molecule has 0 fully saturated rings. The SMILES string of the molecule is CCOc1ccc(CCNC(=O)CSc2ccsc2[N+](=O)[O-])cc1. The number of hydrogen-bond donors (Lipinski definition) is 1. The van der Waals surface area contributed by atoms with Crippen LogP contribution in [0.4, 0.5) is 5.00 Å². The first-order valence-corrected chi connectivity index (χ1v) is 9.29. The summed E-state index contributed by atoms with van der Waals surface area (Å²) in [5, 5.41) is 15.4. The summed E-state index contributed by atoms with van der Waals surface area (Å²) in [6, 6.07) is 9.43. The molecule has 0 atom stereocenters. The highest BCUT2D eigenvalue weighted by Crippen LogP contribution is 2.33. The molecule has 0 bridgehead atoms. The zero-order chi connectivity index (χ0) is 17.4. The monoisotopic (exact) mass is 366 g/mol. The quantitative estimate of drug-likeness (QED) is 0.417. The van der Waals surface area contributed by atoms with Gasteiger partial charge in [-0.3, -0.25) is 14.9 Å². The second-order valence-electron chi connectivity index (χ2n) is 4.81. The summed E-state index contributed by atoms with van der Waals surface area (Å²) in [5.74, 6) is 0.867. The fourth-order valence-corrected chi connectivity index (χ4v) is 3.75. The number of hydrogen-bond acceptors (Lipinski definition) is 6. The van der Waals surface area contributed by atoms with Crippen LogP contribution in [0.1, 0.15) is 12.5 Å². The second kappa shape index (κ2) is 9.29. The highest BCUT2D eigenvalue weighted by Gasteiger charge is 2.16. The molecule has 0 spiro atoms. The van der Waals surface area contributed by atoms with Gasteiger partial charge in [0.25, 0.3) is 0 Å². The third-order valence-corrected chi connectivity index (χ3v) is 5.15. The van der Waals surface area contributed by atoms with Gasteiger partial charge in [0.2, 0.25) is 5.91 Å². The Morgan fingerprint density at radius 1 is 1.33 bits per heavy atom. The number of thiophene rings is 1. The van der Waals surface area contributed by atoms with E-state index in [1.54, 1.807) is 11.4 Å². The molecule has 0 saturated carbocycles. The first-order chi connectivity index (χ1) is 11.6. The van der Waals surface area contributed by atoms with Gasteiger partial charge in [0.1, 0.15) is 5.75 Å². The number of rotatable bonds is 9. The van der Waals surface area contributed by atoms with E-state index in [9.17, 15) is 14.9 Å². The molecule has 1 aromatic heterocycles. The molecule has 0 unspecified atom stereocenters. The molecule has 1 N–H and O–H groups in total. The Morgan fingerprint density at radius 3 is 2.75 bits per heavy atom. The first-order valence-electron chi connectivity index (χ1n) is 7.43. The van der Waals surface area contributed by atoms with Gasteiger partial charge in [0, 0.05) is 6.54 Å². The molecule has 0 aliphatic heterocycles. The molecular weight excluding hydrogens is 348 g/mol. The number of nitro groups is 1. The van der Waals surface area contributed by atoms with Crippen molar-refractivity contribution in [3.8, 4) is 5.75 Å². The lowest BCUT2D eigenvalue weighted by Crippen LogP contribution is -2.27. The van der Waals surface area contributed by atoms with E-state index < -0.39 is 4.92 Å². The average molecular weight is 366 g/mol. The molecule has 24 heavy (non-hydrogen) atoms. The standard InChI is InChI=1S/C16H18N2O4S2/c1-2-22-13-5-3-12(4-6-13)7-9-17-15(19)11-24-14-8-10-23-16(14)18(20)21/h3-6,8,10H,2,7,9,11H2,1H3,(H,17,19). The minimum absolute atomic E-state index is 0.0854. The predicted molar refractivity (Wildman–Crippen MR) is 96.0 cm³/mol. The molecule has 1 aromatic carbocycles. The maximum Gasteiger partial charge on any atom is 0.337 e. The maximum absolute atomic E-state index is 11.8. The van der Waals surface area contributed by atoms with Gasteiger partial charge in [0.05, 0.1) is 22.2 Å². The Bertz CT molecular complexity index is 686. The lowest BCUT2D eigenvalue weighted by molar-refractivity contribution is -0.382. The van der Waals surface area contributed by atoms with Gasteiger partial charge in [-0.1, -0.05) is 23.5 Å². The van der Waals surface area contributed by atoms with Crippen LogP contribution in [0, 0.1) is 10.1 Å². The van der Waals surface area contributed by atoms with E-state index in [-0.39, 0.29) is 16.7 Å². The van der Waals surface area contributed by atoms with Crippen LogP contribution in [0.25, 0.3) is 0 Å². The zero-order valence-electron chi connectivity index (χ0n) is 13.2. The highest BCUT2D eigenvalue weighted by atomic mass is 32.2. The van der Waals surface area contributed by atoms with Crippen LogP contribution in [0.5, 0.6) is 5.75 Å². The highest BCUT2D eigenvalue weighted by molar-refractivity contribution is 8.00. The molecule has 8 heteroatoms. The normalized spacial score (nSPS) is 10.4. The molecule has 2 rings (SSSR count). The van der Waals surface area contributed by atoms with Crippen molar-refractivity contribution in [1.82, 2.24) is 5.32 Å². The Kier molecular flexibility index (Phi) is 7.07. The Morgan fingerprint density at radius 2 is 2.08 bits per heavy atom. The summed E-state index contributed by atoms with van der Waals surface area (Å²) in [7, 11) is 0. The number of nitrogens with one attached hydrogen (secondary N) is 1. The summed E-state index contributed by atoms with van der Waals surface area (Å²) in [5.41, 5.74) is 1.11. The van der Waals surface area contributed by atoms with Crippen molar-refractivity contribution in [1.29, 1.82) is 0 Å². The van der Waals surface area contributed by atoms with Crippen LogP contribution in [0.3, 0.4) is 0 Å². The summed E-state index contributed by atoms with van der Waals surface area (Å²) in [4.78, 5) is 22.8. The van der Waals surface area contributed by atoms with Crippen LogP contribution in [0.15, 0.2) is 40.6 Å². The van der Waals surface area contributed by atoms with Crippen LogP contribution >= 0.6 is 23.1 Å². The van der Waals surface area contributed by atoms with Gasteiger partial charge in [0.15, 0.2) is 0 Å². The van der Waals surface area contributed by atoms with Crippen molar-refractivity contribution < 1.29 is 14.5 Å². The Labute approximate surface area is 148 Å². The largest absolute Gasteiger partial charge is 0.494 e. The van der Waals surface area contributed by atoms with Gasteiger partial charge < -0.3 is 10.1 Å². The number of ether oxygens (including phenoxy) is 1. The molecule has 1 heterocycles. The number of benzene rings is 1. The molecular formula is C16H18N2O4S2. The van der Waals surface area contributed by atoms with Gasteiger partial charge in [-0.15, -0.1) is 11.8 Å². The lowest BCUT2D eigenvalue weighted by atomic mass is 10.1. The molecule has 0 saturated heterocycles. The van der Waals surface area contributed by atoms with E-state index in [1.807, 2.05) is 31.2 Å². The molecule has 1 amide bonds. The number of carbonyl (C=O) groups is 1. The summed E-state index contributed by atoms with van der Waals surface area (Å²) in [6.07, 6.45) is 0.724. The molecule has 0 radical (unpaired) electrons. The van der Waals surface area contributed by atoms with Crippen molar-refractivity contribution >= 4 is 34.0 Å². The predicted octanol–water partition coefficient (Wildman–Crippen LogP) is 3.51. The lowest BCUT2D eigenvalue weighted by Gasteiger charge is -2.06. The van der Waals surface area contributed by atoms with E-state index in [4.69, 9.17) is 4.74 Å². The Balaban J connectivity index is 1.71. The van der Waals surface area contributed by atoms with Crippen molar-refractivity contribution in [2.45, 2.75) is 18.2 Å². The van der Waals surface area contributed by atoms with Crippen LogP contribution in [0.2, 0.25) is 0 Å². The summed E-state index contributed by atoms with van der Waals surface area (Å²) < 4.78 is 5.38. The fraction of sp³-hybridized carbons (Fsp3) is 0.312. The topological polar surface area (TPSA) is 81.5 Å². The van der Waals surface area contributed by atoms with Crippen LogP contribution < -0.4 is 10.1 Å². The number of amides is 1.